The lowest BCUT2D eigenvalue weighted by molar-refractivity contribution is -0.118. The van der Waals surface area contributed by atoms with Crippen LogP contribution in [0.15, 0.2) is 48.5 Å². The average molecular weight is 429 g/mol. The SMILES string of the molecule is Cc1cc(OCC(=O)Nc2sc(Cc3ccccc3)c(C)c2C(N)=O)ccc1Cl. The first-order valence-corrected chi connectivity index (χ1v) is 10.2. The number of amides is 2. The third kappa shape index (κ3) is 5.16. The number of aryl methyl sites for hydroxylation is 1. The minimum atomic E-state index is -0.567. The first-order valence-electron chi connectivity index (χ1n) is 9.00. The molecule has 1 aromatic heterocycles. The van der Waals surface area contributed by atoms with Crippen LogP contribution in [0.2, 0.25) is 5.02 Å². The summed E-state index contributed by atoms with van der Waals surface area (Å²) in [5.41, 5.74) is 8.68. The molecule has 3 rings (SSSR count). The predicted molar refractivity (Wildman–Crippen MR) is 117 cm³/mol. The van der Waals surface area contributed by atoms with Crippen LogP contribution in [0.5, 0.6) is 5.75 Å². The van der Waals surface area contributed by atoms with Gasteiger partial charge in [-0.15, -0.1) is 11.3 Å². The highest BCUT2D eigenvalue weighted by atomic mass is 35.5. The van der Waals surface area contributed by atoms with Gasteiger partial charge in [0.1, 0.15) is 10.8 Å². The zero-order valence-electron chi connectivity index (χ0n) is 16.1. The lowest BCUT2D eigenvalue weighted by Gasteiger charge is -2.08. The number of nitrogens with two attached hydrogens (primary N) is 1. The van der Waals surface area contributed by atoms with Crippen molar-refractivity contribution in [1.29, 1.82) is 0 Å². The summed E-state index contributed by atoms with van der Waals surface area (Å²) in [4.78, 5) is 25.3. The molecule has 3 N–H and O–H groups in total. The number of rotatable bonds is 7. The van der Waals surface area contributed by atoms with Gasteiger partial charge in [0.25, 0.3) is 11.8 Å². The van der Waals surface area contributed by atoms with Crippen LogP contribution in [-0.4, -0.2) is 18.4 Å². The van der Waals surface area contributed by atoms with E-state index >= 15 is 0 Å². The molecule has 0 aliphatic rings. The number of hydrogen-bond acceptors (Lipinski definition) is 4. The monoisotopic (exact) mass is 428 g/mol. The summed E-state index contributed by atoms with van der Waals surface area (Å²) in [5.74, 6) is -0.389. The van der Waals surface area contributed by atoms with E-state index in [1.54, 1.807) is 18.2 Å². The Morgan fingerprint density at radius 3 is 2.52 bits per heavy atom. The van der Waals surface area contributed by atoms with E-state index in [1.807, 2.05) is 44.2 Å². The number of anilines is 1. The standard InChI is InChI=1S/C22H21ClN2O3S/c1-13-10-16(8-9-17(13)23)28-12-19(26)25-22-20(21(24)27)14(2)18(29-22)11-15-6-4-3-5-7-15/h3-10H,11-12H2,1-2H3,(H2,24,27)(H,25,26). The molecule has 0 bridgehead atoms. The first-order chi connectivity index (χ1) is 13.8. The van der Waals surface area contributed by atoms with Gasteiger partial charge in [-0.2, -0.15) is 0 Å². The van der Waals surface area contributed by atoms with E-state index < -0.39 is 5.91 Å². The quantitative estimate of drug-likeness (QED) is 0.571. The van der Waals surface area contributed by atoms with Crippen molar-refractivity contribution < 1.29 is 14.3 Å². The van der Waals surface area contributed by atoms with Gasteiger partial charge >= 0.3 is 0 Å². The predicted octanol–water partition coefficient (Wildman–Crippen LogP) is 4.73. The minimum Gasteiger partial charge on any atom is -0.484 e. The van der Waals surface area contributed by atoms with Crippen LogP contribution in [0, 0.1) is 13.8 Å². The minimum absolute atomic E-state index is 0.190. The van der Waals surface area contributed by atoms with Gasteiger partial charge in [-0.1, -0.05) is 41.9 Å². The summed E-state index contributed by atoms with van der Waals surface area (Å²) in [6.07, 6.45) is 0.661. The molecular weight excluding hydrogens is 408 g/mol. The van der Waals surface area contributed by atoms with Gasteiger partial charge in [0.05, 0.1) is 5.56 Å². The van der Waals surface area contributed by atoms with Crippen LogP contribution in [0.3, 0.4) is 0 Å². The van der Waals surface area contributed by atoms with Crippen LogP contribution < -0.4 is 15.8 Å². The third-order valence-electron chi connectivity index (χ3n) is 4.45. The number of hydrogen-bond donors (Lipinski definition) is 2. The van der Waals surface area contributed by atoms with Gasteiger partial charge in [-0.3, -0.25) is 9.59 Å². The molecule has 150 valence electrons. The molecular formula is C22H21ClN2O3S. The number of carbonyl (C=O) groups excluding carboxylic acids is 2. The molecule has 0 aliphatic carbocycles. The van der Waals surface area contributed by atoms with Crippen molar-refractivity contribution in [3.63, 3.8) is 0 Å². The Bertz CT molecular complexity index is 1050. The number of benzene rings is 2. The number of nitrogens with one attached hydrogen (secondary N) is 1. The maximum absolute atomic E-state index is 12.4. The molecule has 3 aromatic rings. The van der Waals surface area contributed by atoms with Crippen LogP contribution >= 0.6 is 22.9 Å². The first kappa shape index (κ1) is 20.9. The van der Waals surface area contributed by atoms with Crippen molar-refractivity contribution in [2.45, 2.75) is 20.3 Å². The molecule has 0 saturated carbocycles. The van der Waals surface area contributed by atoms with Crippen LogP contribution in [0.4, 0.5) is 5.00 Å². The molecule has 5 nitrogen and oxygen atoms in total. The summed E-state index contributed by atoms with van der Waals surface area (Å²) >= 11 is 7.35. The Morgan fingerprint density at radius 2 is 1.86 bits per heavy atom. The fraction of sp³-hybridized carbons (Fsp3) is 0.182. The molecule has 7 heteroatoms. The van der Waals surface area contributed by atoms with Crippen LogP contribution in [0.1, 0.15) is 31.9 Å². The highest BCUT2D eigenvalue weighted by molar-refractivity contribution is 7.17. The molecule has 2 amide bonds. The van der Waals surface area contributed by atoms with E-state index in [9.17, 15) is 9.59 Å². The van der Waals surface area contributed by atoms with E-state index in [2.05, 4.69) is 5.32 Å². The maximum atomic E-state index is 12.4. The molecule has 0 spiro atoms. The Kier molecular flexibility index (Phi) is 6.56. The fourth-order valence-corrected chi connectivity index (χ4v) is 4.29. The van der Waals surface area contributed by atoms with E-state index in [0.717, 1.165) is 21.6 Å². The van der Waals surface area contributed by atoms with Gasteiger partial charge in [0, 0.05) is 16.3 Å². The van der Waals surface area contributed by atoms with Crippen molar-refractivity contribution in [3.05, 3.63) is 80.7 Å². The molecule has 0 saturated heterocycles. The Labute approximate surface area is 178 Å². The summed E-state index contributed by atoms with van der Waals surface area (Å²) in [5, 5.41) is 3.84. The van der Waals surface area contributed by atoms with Crippen molar-refractivity contribution in [2.24, 2.45) is 5.73 Å². The summed E-state index contributed by atoms with van der Waals surface area (Å²) in [6.45, 7) is 3.51. The normalized spacial score (nSPS) is 10.6. The van der Waals surface area contributed by atoms with Crippen molar-refractivity contribution in [3.8, 4) is 5.75 Å². The fourth-order valence-electron chi connectivity index (χ4n) is 2.91. The molecule has 0 fully saturated rings. The summed E-state index contributed by atoms with van der Waals surface area (Å²) in [6, 6.07) is 15.1. The van der Waals surface area contributed by atoms with E-state index in [0.29, 0.717) is 27.8 Å². The van der Waals surface area contributed by atoms with Gasteiger partial charge < -0.3 is 15.8 Å². The second-order valence-electron chi connectivity index (χ2n) is 6.63. The zero-order valence-corrected chi connectivity index (χ0v) is 17.7. The zero-order chi connectivity index (χ0) is 21.0. The van der Waals surface area contributed by atoms with Gasteiger partial charge in [0.2, 0.25) is 0 Å². The molecule has 0 radical (unpaired) electrons. The largest absolute Gasteiger partial charge is 0.484 e. The molecule has 0 unspecified atom stereocenters. The second kappa shape index (κ2) is 9.11. The topological polar surface area (TPSA) is 81.4 Å². The van der Waals surface area contributed by atoms with Gasteiger partial charge in [-0.05, 0) is 48.7 Å². The van der Waals surface area contributed by atoms with Crippen molar-refractivity contribution in [2.75, 3.05) is 11.9 Å². The van der Waals surface area contributed by atoms with Crippen molar-refractivity contribution >= 4 is 39.8 Å². The molecule has 0 aliphatic heterocycles. The maximum Gasteiger partial charge on any atom is 0.262 e. The van der Waals surface area contributed by atoms with E-state index in [4.69, 9.17) is 22.1 Å². The smallest absolute Gasteiger partial charge is 0.262 e. The lowest BCUT2D eigenvalue weighted by Crippen LogP contribution is -2.22. The molecule has 29 heavy (non-hydrogen) atoms. The van der Waals surface area contributed by atoms with Gasteiger partial charge in [-0.25, -0.2) is 0 Å². The molecule has 1 heterocycles. The lowest BCUT2D eigenvalue weighted by atomic mass is 10.1. The van der Waals surface area contributed by atoms with Crippen LogP contribution in [0.25, 0.3) is 0 Å². The second-order valence-corrected chi connectivity index (χ2v) is 8.14. The average Bonchev–Trinajstić information content (AvgIpc) is 2.98. The van der Waals surface area contributed by atoms with Gasteiger partial charge in [0.15, 0.2) is 6.61 Å². The Hall–Kier alpha value is -2.83. The number of ether oxygens (including phenoxy) is 1. The summed E-state index contributed by atoms with van der Waals surface area (Å²) < 4.78 is 5.53. The summed E-state index contributed by atoms with van der Waals surface area (Å²) in [7, 11) is 0. The number of halogens is 1. The number of carbonyl (C=O) groups is 2. The van der Waals surface area contributed by atoms with E-state index in [-0.39, 0.29) is 12.5 Å². The molecule has 2 aromatic carbocycles. The number of thiophene rings is 1. The number of primary amides is 1. The Morgan fingerprint density at radius 1 is 1.14 bits per heavy atom. The van der Waals surface area contributed by atoms with Crippen molar-refractivity contribution in [1.82, 2.24) is 0 Å². The highest BCUT2D eigenvalue weighted by Crippen LogP contribution is 2.34. The van der Waals surface area contributed by atoms with E-state index in [1.165, 1.54) is 11.3 Å². The highest BCUT2D eigenvalue weighted by Gasteiger charge is 2.21. The molecule has 0 atom stereocenters. The Balaban J connectivity index is 1.73. The van der Waals surface area contributed by atoms with Crippen LogP contribution in [-0.2, 0) is 11.2 Å². The third-order valence-corrected chi connectivity index (χ3v) is 6.08.